The van der Waals surface area contributed by atoms with Gasteiger partial charge in [-0.2, -0.15) is 0 Å². The largest absolute Gasteiger partial charge is 0.385 e. The molecule has 1 rings (SSSR count). The summed E-state index contributed by atoms with van der Waals surface area (Å²) in [5.41, 5.74) is 5.95. The van der Waals surface area contributed by atoms with E-state index < -0.39 is 0 Å². The second-order valence-corrected chi connectivity index (χ2v) is 5.26. The molecule has 4 nitrogen and oxygen atoms in total. The van der Waals surface area contributed by atoms with Gasteiger partial charge >= 0.3 is 0 Å². The molecule has 2 N–H and O–H groups in total. The zero-order valence-electron chi connectivity index (χ0n) is 11.3. The normalized spacial score (nSPS) is 26.9. The van der Waals surface area contributed by atoms with Gasteiger partial charge in [-0.15, -0.1) is 0 Å². The molecule has 0 aromatic carbocycles. The van der Waals surface area contributed by atoms with E-state index in [1.807, 2.05) is 4.90 Å². The van der Waals surface area contributed by atoms with Crippen LogP contribution in [0.25, 0.3) is 0 Å². The van der Waals surface area contributed by atoms with Crippen molar-refractivity contribution >= 4 is 5.91 Å². The summed E-state index contributed by atoms with van der Waals surface area (Å²) in [4.78, 5) is 14.2. The number of carbonyl (C=O) groups is 1. The third-order valence-corrected chi connectivity index (χ3v) is 3.58. The lowest BCUT2D eigenvalue weighted by Crippen LogP contribution is -2.51. The monoisotopic (exact) mass is 242 g/mol. The van der Waals surface area contributed by atoms with Crippen LogP contribution in [0.3, 0.4) is 0 Å². The molecule has 1 heterocycles. The van der Waals surface area contributed by atoms with Gasteiger partial charge in [-0.05, 0) is 38.5 Å². The van der Waals surface area contributed by atoms with Crippen molar-refractivity contribution in [1.82, 2.24) is 4.90 Å². The van der Waals surface area contributed by atoms with Crippen LogP contribution in [-0.4, -0.2) is 43.2 Å². The third kappa shape index (κ3) is 4.28. The summed E-state index contributed by atoms with van der Waals surface area (Å²) >= 11 is 0. The lowest BCUT2D eigenvalue weighted by molar-refractivity contribution is -0.137. The van der Waals surface area contributed by atoms with E-state index in [-0.39, 0.29) is 11.9 Å². The van der Waals surface area contributed by atoms with E-state index in [1.54, 1.807) is 7.11 Å². The zero-order valence-corrected chi connectivity index (χ0v) is 11.3. The summed E-state index contributed by atoms with van der Waals surface area (Å²) in [6.07, 6.45) is 3.87. The molecule has 3 unspecified atom stereocenters. The molecule has 3 atom stereocenters. The van der Waals surface area contributed by atoms with Gasteiger partial charge in [0.25, 0.3) is 0 Å². The van der Waals surface area contributed by atoms with Crippen molar-refractivity contribution in [3.05, 3.63) is 0 Å². The number of nitrogens with zero attached hydrogens (tertiary/aromatic N) is 1. The molecule has 17 heavy (non-hydrogen) atoms. The van der Waals surface area contributed by atoms with Gasteiger partial charge in [-0.1, -0.05) is 6.92 Å². The average molecular weight is 242 g/mol. The first-order valence-corrected chi connectivity index (χ1v) is 6.61. The van der Waals surface area contributed by atoms with E-state index in [0.29, 0.717) is 25.0 Å². The third-order valence-electron chi connectivity index (χ3n) is 3.58. The molecule has 0 spiro atoms. The second kappa shape index (κ2) is 6.97. The minimum atomic E-state index is -0.363. The Kier molecular flexibility index (Phi) is 5.92. The van der Waals surface area contributed by atoms with E-state index in [1.165, 1.54) is 6.42 Å². The number of likely N-dealkylation sites (tertiary alicyclic amines) is 1. The number of nitrogens with two attached hydrogens (primary N) is 1. The molecule has 0 radical (unpaired) electrons. The molecule has 4 heteroatoms. The molecule has 0 aliphatic carbocycles. The number of amides is 1. The summed E-state index contributed by atoms with van der Waals surface area (Å²) in [7, 11) is 1.67. The van der Waals surface area contributed by atoms with Crippen LogP contribution in [0.15, 0.2) is 0 Å². The SMILES string of the molecule is COCCCC(N)C(=O)N1CC(C)CCC1C. The number of hydrogen-bond donors (Lipinski definition) is 1. The summed E-state index contributed by atoms with van der Waals surface area (Å²) in [5.74, 6) is 0.710. The highest BCUT2D eigenvalue weighted by Crippen LogP contribution is 2.22. The Labute approximate surface area is 104 Å². The van der Waals surface area contributed by atoms with Crippen molar-refractivity contribution in [3.63, 3.8) is 0 Å². The van der Waals surface area contributed by atoms with Crippen molar-refractivity contribution < 1.29 is 9.53 Å². The highest BCUT2D eigenvalue weighted by molar-refractivity contribution is 5.82. The number of hydrogen-bond acceptors (Lipinski definition) is 3. The summed E-state index contributed by atoms with van der Waals surface area (Å²) in [5, 5.41) is 0. The van der Waals surface area contributed by atoms with E-state index in [4.69, 9.17) is 10.5 Å². The predicted octanol–water partition coefficient (Wildman–Crippen LogP) is 1.39. The van der Waals surface area contributed by atoms with E-state index >= 15 is 0 Å². The summed E-state index contributed by atoms with van der Waals surface area (Å²) < 4.78 is 4.98. The van der Waals surface area contributed by atoms with Crippen LogP contribution in [0, 0.1) is 5.92 Å². The molecule has 1 saturated heterocycles. The molecular weight excluding hydrogens is 216 g/mol. The van der Waals surface area contributed by atoms with Crippen LogP contribution in [0.4, 0.5) is 0 Å². The van der Waals surface area contributed by atoms with Gasteiger partial charge in [0.15, 0.2) is 0 Å². The van der Waals surface area contributed by atoms with Crippen LogP contribution >= 0.6 is 0 Å². The number of carbonyl (C=O) groups excluding carboxylic acids is 1. The smallest absolute Gasteiger partial charge is 0.239 e. The maximum Gasteiger partial charge on any atom is 0.239 e. The van der Waals surface area contributed by atoms with Crippen molar-refractivity contribution in [2.24, 2.45) is 11.7 Å². The molecular formula is C13H26N2O2. The van der Waals surface area contributed by atoms with Crippen LogP contribution in [0.1, 0.15) is 39.5 Å². The van der Waals surface area contributed by atoms with Crippen LogP contribution in [-0.2, 0) is 9.53 Å². The number of methoxy groups -OCH3 is 1. The Morgan fingerprint density at radius 2 is 2.18 bits per heavy atom. The minimum Gasteiger partial charge on any atom is -0.385 e. The lowest BCUT2D eigenvalue weighted by atomic mass is 9.94. The van der Waals surface area contributed by atoms with E-state index in [2.05, 4.69) is 13.8 Å². The summed E-state index contributed by atoms with van der Waals surface area (Å²) in [6, 6.07) is -0.0231. The van der Waals surface area contributed by atoms with E-state index in [0.717, 1.165) is 19.4 Å². The van der Waals surface area contributed by atoms with Gasteiger partial charge in [0.2, 0.25) is 5.91 Å². The highest BCUT2D eigenvalue weighted by Gasteiger charge is 2.29. The first kappa shape index (κ1) is 14.5. The van der Waals surface area contributed by atoms with Gasteiger partial charge in [-0.3, -0.25) is 4.79 Å². The molecule has 100 valence electrons. The predicted molar refractivity (Wildman–Crippen MR) is 68.7 cm³/mol. The zero-order chi connectivity index (χ0) is 12.8. The second-order valence-electron chi connectivity index (χ2n) is 5.26. The number of rotatable bonds is 5. The van der Waals surface area contributed by atoms with Crippen molar-refractivity contribution in [1.29, 1.82) is 0 Å². The minimum absolute atomic E-state index is 0.111. The highest BCUT2D eigenvalue weighted by atomic mass is 16.5. The van der Waals surface area contributed by atoms with Crippen molar-refractivity contribution in [2.45, 2.75) is 51.6 Å². The van der Waals surface area contributed by atoms with Gasteiger partial charge in [0.05, 0.1) is 6.04 Å². The lowest BCUT2D eigenvalue weighted by Gasteiger charge is -2.38. The number of piperidine rings is 1. The first-order valence-electron chi connectivity index (χ1n) is 6.61. The van der Waals surface area contributed by atoms with Gasteiger partial charge in [0, 0.05) is 26.3 Å². The Balaban J connectivity index is 2.43. The van der Waals surface area contributed by atoms with Crippen LogP contribution in [0.5, 0.6) is 0 Å². The Bertz CT molecular complexity index is 246. The van der Waals surface area contributed by atoms with Crippen LogP contribution in [0.2, 0.25) is 0 Å². The molecule has 1 aliphatic rings. The van der Waals surface area contributed by atoms with Crippen molar-refractivity contribution in [2.75, 3.05) is 20.3 Å². The maximum atomic E-state index is 12.2. The average Bonchev–Trinajstić information content (AvgIpc) is 2.31. The Hall–Kier alpha value is -0.610. The van der Waals surface area contributed by atoms with Gasteiger partial charge in [0.1, 0.15) is 0 Å². The standard InChI is InChI=1S/C13H26N2O2/c1-10-6-7-11(2)15(9-10)13(16)12(14)5-4-8-17-3/h10-12H,4-9,14H2,1-3H3. The molecule has 1 amide bonds. The summed E-state index contributed by atoms with van der Waals surface area (Å²) in [6.45, 7) is 5.85. The maximum absolute atomic E-state index is 12.2. The number of ether oxygens (including phenoxy) is 1. The Morgan fingerprint density at radius 1 is 1.47 bits per heavy atom. The van der Waals surface area contributed by atoms with E-state index in [9.17, 15) is 4.79 Å². The Morgan fingerprint density at radius 3 is 2.82 bits per heavy atom. The van der Waals surface area contributed by atoms with Crippen LogP contribution < -0.4 is 5.73 Å². The van der Waals surface area contributed by atoms with Crippen molar-refractivity contribution in [3.8, 4) is 0 Å². The van der Waals surface area contributed by atoms with Gasteiger partial charge < -0.3 is 15.4 Å². The fourth-order valence-corrected chi connectivity index (χ4v) is 2.38. The fourth-order valence-electron chi connectivity index (χ4n) is 2.38. The molecule has 0 aromatic heterocycles. The molecule has 0 aromatic rings. The topological polar surface area (TPSA) is 55.6 Å². The van der Waals surface area contributed by atoms with Gasteiger partial charge in [-0.25, -0.2) is 0 Å². The molecule has 0 saturated carbocycles. The first-order chi connectivity index (χ1) is 8.06. The quantitative estimate of drug-likeness (QED) is 0.741. The fraction of sp³-hybridized carbons (Fsp3) is 0.923. The molecule has 1 aliphatic heterocycles. The molecule has 1 fully saturated rings. The molecule has 0 bridgehead atoms.